The summed E-state index contributed by atoms with van der Waals surface area (Å²) in [6.45, 7) is 3.85. The molecule has 4 aromatic rings. The minimum Gasteiger partial charge on any atom is -0.525 e. The smallest absolute Gasteiger partial charge is 0.429 e. The molecule has 0 saturated heterocycles. The second-order valence-electron chi connectivity index (χ2n) is 7.80. The molecule has 4 nitrogen and oxygen atoms in total. The fraction of sp³-hybridized carbons (Fsp3) is 0.160. The van der Waals surface area contributed by atoms with Crippen molar-refractivity contribution in [3.8, 4) is 6.01 Å². The van der Waals surface area contributed by atoms with Gasteiger partial charge in [-0.15, -0.1) is 0 Å². The Bertz CT molecular complexity index is 1180. The summed E-state index contributed by atoms with van der Waals surface area (Å²) in [5.74, 6) is 0. The Labute approximate surface area is 198 Å². The van der Waals surface area contributed by atoms with E-state index in [-0.39, 0.29) is 6.61 Å². The van der Waals surface area contributed by atoms with Crippen molar-refractivity contribution in [3.63, 3.8) is 0 Å². The zero-order chi connectivity index (χ0) is 22.7. The first kappa shape index (κ1) is 22.5. The number of rotatable bonds is 7. The third-order valence-corrected chi connectivity index (χ3v) is 6.18. The normalized spacial score (nSPS) is 10.9. The second-order valence-corrected chi connectivity index (χ2v) is 8.62. The molecular weight excluding hydrogens is 442 g/mol. The van der Waals surface area contributed by atoms with Crippen molar-refractivity contribution in [2.24, 2.45) is 0 Å². The molecule has 1 N–H and O–H groups in total. The van der Waals surface area contributed by atoms with Crippen molar-refractivity contribution in [1.29, 1.82) is 0 Å². The largest absolute Gasteiger partial charge is 0.525 e. The molecule has 7 heteroatoms. The summed E-state index contributed by atoms with van der Waals surface area (Å²) >= 11 is 12.9. The number of aliphatic hydroxyl groups excluding tert-OH is 1. The van der Waals surface area contributed by atoms with Gasteiger partial charge in [0.1, 0.15) is 0 Å². The standard InChI is InChI=1S/C25H23BCl2N2O2/c1-17-8-10-20(12-23(17)27)26(21-11-9-18(2)24(28)13-21)32-25-29-22(16-31)15-30(25)14-19-6-4-3-5-7-19/h3-13,15,31H,14,16H2,1-2H3. The van der Waals surface area contributed by atoms with Gasteiger partial charge in [0.2, 0.25) is 0 Å². The van der Waals surface area contributed by atoms with Crippen LogP contribution in [0.2, 0.25) is 10.0 Å². The van der Waals surface area contributed by atoms with Crippen molar-refractivity contribution in [2.45, 2.75) is 27.0 Å². The van der Waals surface area contributed by atoms with E-state index in [4.69, 9.17) is 27.9 Å². The van der Waals surface area contributed by atoms with Gasteiger partial charge in [0, 0.05) is 16.2 Å². The van der Waals surface area contributed by atoms with Crippen LogP contribution in [0.3, 0.4) is 0 Å². The van der Waals surface area contributed by atoms with E-state index in [0.717, 1.165) is 27.6 Å². The molecule has 1 aromatic heterocycles. The molecule has 0 aliphatic heterocycles. The molecule has 32 heavy (non-hydrogen) atoms. The molecule has 4 rings (SSSR count). The first-order valence-corrected chi connectivity index (χ1v) is 11.1. The van der Waals surface area contributed by atoms with E-state index in [1.54, 1.807) is 0 Å². The van der Waals surface area contributed by atoms with Crippen LogP contribution < -0.4 is 15.6 Å². The summed E-state index contributed by atoms with van der Waals surface area (Å²) in [7, 11) is 0. The van der Waals surface area contributed by atoms with Crippen molar-refractivity contribution in [3.05, 3.63) is 105 Å². The Morgan fingerprint density at radius 3 is 2.03 bits per heavy atom. The fourth-order valence-electron chi connectivity index (χ4n) is 3.49. The van der Waals surface area contributed by atoms with Crippen molar-refractivity contribution in [1.82, 2.24) is 9.55 Å². The summed E-state index contributed by atoms with van der Waals surface area (Å²) < 4.78 is 8.39. The average molecular weight is 465 g/mol. The van der Waals surface area contributed by atoms with Gasteiger partial charge in [0.25, 0.3) is 6.01 Å². The van der Waals surface area contributed by atoms with Crippen LogP contribution in [0.5, 0.6) is 6.01 Å². The zero-order valence-corrected chi connectivity index (χ0v) is 19.4. The molecule has 162 valence electrons. The molecule has 0 spiro atoms. The fourth-order valence-corrected chi connectivity index (χ4v) is 3.87. The molecule has 0 fully saturated rings. The summed E-state index contributed by atoms with van der Waals surface area (Å²) in [5.41, 5.74) is 5.40. The van der Waals surface area contributed by atoms with Gasteiger partial charge >= 0.3 is 6.92 Å². The van der Waals surface area contributed by atoms with Gasteiger partial charge in [-0.3, -0.25) is 4.57 Å². The number of hydrogen-bond donors (Lipinski definition) is 1. The molecule has 3 aromatic carbocycles. The maximum absolute atomic E-state index is 9.68. The minimum atomic E-state index is -0.477. The van der Waals surface area contributed by atoms with Gasteiger partial charge in [-0.2, -0.15) is 4.98 Å². The SMILES string of the molecule is Cc1ccc(B(Oc2nc(CO)cn2Cc2ccccc2)c2ccc(C)c(Cl)c2)cc1Cl. The van der Waals surface area contributed by atoms with Crippen LogP contribution in [-0.4, -0.2) is 21.6 Å². The molecule has 1 heterocycles. The molecule has 0 bridgehead atoms. The van der Waals surface area contributed by atoms with Crippen molar-refractivity contribution < 1.29 is 9.76 Å². The molecule has 0 atom stereocenters. The number of benzene rings is 3. The average Bonchev–Trinajstić information content (AvgIpc) is 3.18. The van der Waals surface area contributed by atoms with Crippen LogP contribution in [0.1, 0.15) is 22.4 Å². The third-order valence-electron chi connectivity index (χ3n) is 5.37. The van der Waals surface area contributed by atoms with E-state index in [1.165, 1.54) is 0 Å². The van der Waals surface area contributed by atoms with E-state index >= 15 is 0 Å². The lowest BCUT2D eigenvalue weighted by atomic mass is 9.55. The Morgan fingerprint density at radius 1 is 0.906 bits per heavy atom. The third kappa shape index (κ3) is 5.02. The molecule has 0 unspecified atom stereocenters. The number of aryl methyl sites for hydroxylation is 2. The number of imidazole rings is 1. The van der Waals surface area contributed by atoms with Crippen molar-refractivity contribution >= 4 is 41.0 Å². The van der Waals surface area contributed by atoms with Gasteiger partial charge < -0.3 is 9.76 Å². The maximum atomic E-state index is 9.68. The molecular formula is C25H23BCl2N2O2. The predicted octanol–water partition coefficient (Wildman–Crippen LogP) is 4.53. The van der Waals surface area contributed by atoms with Crippen LogP contribution in [-0.2, 0) is 13.2 Å². The highest BCUT2D eigenvalue weighted by Crippen LogP contribution is 2.19. The quantitative estimate of drug-likeness (QED) is 0.408. The molecule has 0 amide bonds. The van der Waals surface area contributed by atoms with Gasteiger partial charge in [-0.05, 0) is 53.6 Å². The number of hydrogen-bond acceptors (Lipinski definition) is 3. The van der Waals surface area contributed by atoms with Crippen LogP contribution in [0.25, 0.3) is 0 Å². The predicted molar refractivity (Wildman–Crippen MR) is 132 cm³/mol. The van der Waals surface area contributed by atoms with Gasteiger partial charge in [-0.25, -0.2) is 0 Å². The topological polar surface area (TPSA) is 47.3 Å². The summed E-state index contributed by atoms with van der Waals surface area (Å²) in [4.78, 5) is 4.52. The molecule has 0 aliphatic carbocycles. The van der Waals surface area contributed by atoms with E-state index in [2.05, 4.69) is 4.98 Å². The monoisotopic (exact) mass is 464 g/mol. The molecule has 0 aliphatic rings. The summed E-state index contributed by atoms with van der Waals surface area (Å²) in [6, 6.07) is 22.2. The van der Waals surface area contributed by atoms with Crippen LogP contribution in [0.15, 0.2) is 72.9 Å². The van der Waals surface area contributed by atoms with Crippen LogP contribution in [0, 0.1) is 13.8 Å². The molecule has 0 radical (unpaired) electrons. The van der Waals surface area contributed by atoms with Crippen LogP contribution >= 0.6 is 23.2 Å². The Hall–Kier alpha value is -2.73. The number of nitrogens with zero attached hydrogens (tertiary/aromatic N) is 2. The van der Waals surface area contributed by atoms with Crippen LogP contribution in [0.4, 0.5) is 0 Å². The number of aromatic nitrogens is 2. The Balaban J connectivity index is 1.76. The molecule has 0 saturated carbocycles. The highest BCUT2D eigenvalue weighted by Gasteiger charge is 2.27. The zero-order valence-electron chi connectivity index (χ0n) is 17.9. The van der Waals surface area contributed by atoms with Gasteiger partial charge in [-0.1, -0.05) is 77.8 Å². The van der Waals surface area contributed by atoms with E-state index in [1.807, 2.05) is 91.3 Å². The second kappa shape index (κ2) is 9.82. The van der Waals surface area contributed by atoms with Gasteiger partial charge in [0.15, 0.2) is 0 Å². The maximum Gasteiger partial charge on any atom is 0.429 e. The Kier molecular flexibility index (Phi) is 6.90. The number of aliphatic hydroxyl groups is 1. The lowest BCUT2D eigenvalue weighted by Crippen LogP contribution is -2.48. The first-order valence-electron chi connectivity index (χ1n) is 10.3. The van der Waals surface area contributed by atoms with Crippen molar-refractivity contribution in [2.75, 3.05) is 0 Å². The highest BCUT2D eigenvalue weighted by atomic mass is 35.5. The Morgan fingerprint density at radius 2 is 1.50 bits per heavy atom. The van der Waals surface area contributed by atoms with E-state index in [0.29, 0.717) is 28.3 Å². The first-order chi connectivity index (χ1) is 15.4. The number of halogens is 2. The lowest BCUT2D eigenvalue weighted by molar-refractivity contribution is 0.277. The minimum absolute atomic E-state index is 0.171. The summed E-state index contributed by atoms with van der Waals surface area (Å²) in [5, 5.41) is 11.0. The van der Waals surface area contributed by atoms with E-state index < -0.39 is 6.92 Å². The highest BCUT2D eigenvalue weighted by molar-refractivity contribution is 6.80. The van der Waals surface area contributed by atoms with Gasteiger partial charge in [0.05, 0.1) is 18.8 Å². The summed E-state index contributed by atoms with van der Waals surface area (Å²) in [6.07, 6.45) is 1.81. The van der Waals surface area contributed by atoms with E-state index in [9.17, 15) is 5.11 Å². The lowest BCUT2D eigenvalue weighted by Gasteiger charge is -2.18.